The van der Waals surface area contributed by atoms with Gasteiger partial charge in [-0.05, 0) is 30.2 Å². The van der Waals surface area contributed by atoms with Gasteiger partial charge in [-0.2, -0.15) is 0 Å². The Labute approximate surface area is 188 Å². The van der Waals surface area contributed by atoms with E-state index >= 15 is 0 Å². The maximum absolute atomic E-state index is 12.3. The summed E-state index contributed by atoms with van der Waals surface area (Å²) in [7, 11) is 1.46. The average molecular weight is 454 g/mol. The number of amides is 3. The molecule has 0 fully saturated rings. The SMILES string of the molecule is CN(CC(=O)Nc1nc2ccc(C=O)cc2s1)C(=O)CNC(=O)C(N)Cc1ccccc1. The summed E-state index contributed by atoms with van der Waals surface area (Å²) < 4.78 is 0.767. The van der Waals surface area contributed by atoms with Gasteiger partial charge in [-0.3, -0.25) is 19.2 Å². The van der Waals surface area contributed by atoms with Crippen LogP contribution in [-0.2, 0) is 20.8 Å². The maximum atomic E-state index is 12.3. The summed E-state index contributed by atoms with van der Waals surface area (Å²) in [6, 6.07) is 13.6. The molecule has 0 aliphatic carbocycles. The fraction of sp³-hybridized carbons (Fsp3) is 0.227. The van der Waals surface area contributed by atoms with Crippen molar-refractivity contribution in [2.45, 2.75) is 12.5 Å². The van der Waals surface area contributed by atoms with Crippen LogP contribution in [0.2, 0.25) is 0 Å². The third kappa shape index (κ3) is 6.19. The van der Waals surface area contributed by atoms with Crippen molar-refractivity contribution < 1.29 is 19.2 Å². The number of nitrogens with one attached hydrogen (secondary N) is 2. The number of carbonyl (C=O) groups is 4. The van der Waals surface area contributed by atoms with Gasteiger partial charge in [0.1, 0.15) is 6.29 Å². The third-order valence-electron chi connectivity index (χ3n) is 4.65. The van der Waals surface area contributed by atoms with Gasteiger partial charge in [0, 0.05) is 12.6 Å². The molecule has 2 aromatic carbocycles. The molecule has 9 nitrogen and oxygen atoms in total. The predicted molar refractivity (Wildman–Crippen MR) is 122 cm³/mol. The van der Waals surface area contributed by atoms with Crippen LogP contribution in [0.25, 0.3) is 10.2 Å². The van der Waals surface area contributed by atoms with Crippen LogP contribution in [0.15, 0.2) is 48.5 Å². The number of hydrogen-bond donors (Lipinski definition) is 3. The van der Waals surface area contributed by atoms with E-state index in [0.717, 1.165) is 16.5 Å². The molecule has 0 radical (unpaired) electrons. The van der Waals surface area contributed by atoms with Crippen LogP contribution in [0.4, 0.5) is 5.13 Å². The van der Waals surface area contributed by atoms with Crippen molar-refractivity contribution in [3.05, 3.63) is 59.7 Å². The largest absolute Gasteiger partial charge is 0.346 e. The number of benzene rings is 2. The van der Waals surface area contributed by atoms with Gasteiger partial charge < -0.3 is 21.3 Å². The molecule has 32 heavy (non-hydrogen) atoms. The van der Waals surface area contributed by atoms with Gasteiger partial charge in [-0.25, -0.2) is 4.98 Å². The van der Waals surface area contributed by atoms with Crippen molar-refractivity contribution in [3.63, 3.8) is 0 Å². The van der Waals surface area contributed by atoms with Gasteiger partial charge in [0.25, 0.3) is 0 Å². The summed E-state index contributed by atoms with van der Waals surface area (Å²) in [6.07, 6.45) is 1.10. The first kappa shape index (κ1) is 23.0. The molecule has 3 amide bonds. The third-order valence-corrected chi connectivity index (χ3v) is 5.58. The minimum Gasteiger partial charge on any atom is -0.346 e. The molecule has 0 aliphatic heterocycles. The van der Waals surface area contributed by atoms with Crippen LogP contribution < -0.4 is 16.4 Å². The first-order valence-electron chi connectivity index (χ1n) is 9.82. The van der Waals surface area contributed by atoms with Crippen LogP contribution in [0.3, 0.4) is 0 Å². The molecule has 3 rings (SSSR count). The average Bonchev–Trinajstić information content (AvgIpc) is 3.18. The van der Waals surface area contributed by atoms with Crippen molar-refractivity contribution >= 4 is 50.7 Å². The molecular formula is C22H23N5O4S. The smallest absolute Gasteiger partial charge is 0.245 e. The standard InChI is InChI=1S/C22H23N5O4S/c1-27(20(30)11-24-21(31)16(23)9-14-5-3-2-4-6-14)12-19(29)26-22-25-17-8-7-15(13-28)10-18(17)32-22/h2-8,10,13,16H,9,11-12,23H2,1H3,(H,24,31)(H,25,26,29). The fourth-order valence-electron chi connectivity index (χ4n) is 2.92. The molecule has 4 N–H and O–H groups in total. The van der Waals surface area contributed by atoms with E-state index in [4.69, 9.17) is 5.73 Å². The Bertz CT molecular complexity index is 1130. The molecule has 1 heterocycles. The lowest BCUT2D eigenvalue weighted by atomic mass is 10.1. The van der Waals surface area contributed by atoms with Crippen LogP contribution >= 0.6 is 11.3 Å². The number of nitrogens with zero attached hydrogens (tertiary/aromatic N) is 2. The van der Waals surface area contributed by atoms with Crippen LogP contribution in [0.5, 0.6) is 0 Å². The fourth-order valence-corrected chi connectivity index (χ4v) is 3.85. The molecule has 166 valence electrons. The van der Waals surface area contributed by atoms with Crippen LogP contribution in [0, 0.1) is 0 Å². The second kappa shape index (κ2) is 10.6. The number of nitrogens with two attached hydrogens (primary N) is 1. The van der Waals surface area contributed by atoms with E-state index in [1.165, 1.54) is 23.3 Å². The maximum Gasteiger partial charge on any atom is 0.245 e. The molecule has 1 atom stereocenters. The van der Waals surface area contributed by atoms with Crippen LogP contribution in [0.1, 0.15) is 15.9 Å². The minimum atomic E-state index is -0.780. The highest BCUT2D eigenvalue weighted by Gasteiger charge is 2.18. The van der Waals surface area contributed by atoms with Gasteiger partial charge in [0.15, 0.2) is 5.13 Å². The number of likely N-dealkylation sites (N-methyl/N-ethyl adjacent to an activating group) is 1. The predicted octanol–water partition coefficient (Wildman–Crippen LogP) is 1.19. The van der Waals surface area contributed by atoms with E-state index in [0.29, 0.717) is 22.6 Å². The Morgan fingerprint density at radius 1 is 1.19 bits per heavy atom. The topological polar surface area (TPSA) is 134 Å². The Kier molecular flexibility index (Phi) is 7.63. The number of aromatic nitrogens is 1. The van der Waals surface area contributed by atoms with E-state index in [1.54, 1.807) is 18.2 Å². The van der Waals surface area contributed by atoms with E-state index in [9.17, 15) is 19.2 Å². The molecule has 3 aromatic rings. The lowest BCUT2D eigenvalue weighted by Gasteiger charge is -2.18. The number of hydrogen-bond acceptors (Lipinski definition) is 7. The number of aldehydes is 1. The van der Waals surface area contributed by atoms with Crippen molar-refractivity contribution in [1.82, 2.24) is 15.2 Å². The molecule has 1 unspecified atom stereocenters. The monoisotopic (exact) mass is 453 g/mol. The highest BCUT2D eigenvalue weighted by Crippen LogP contribution is 2.26. The zero-order valence-corrected chi connectivity index (χ0v) is 18.2. The Morgan fingerprint density at radius 3 is 2.66 bits per heavy atom. The van der Waals surface area contributed by atoms with Gasteiger partial charge in [0.05, 0.1) is 29.3 Å². The summed E-state index contributed by atoms with van der Waals surface area (Å²) >= 11 is 1.23. The Balaban J connectivity index is 1.45. The first-order chi connectivity index (χ1) is 15.4. The molecule has 10 heteroatoms. The number of rotatable bonds is 9. The van der Waals surface area contributed by atoms with E-state index in [1.807, 2.05) is 30.3 Å². The molecule has 0 spiro atoms. The number of anilines is 1. The molecule has 0 saturated carbocycles. The highest BCUT2D eigenvalue weighted by molar-refractivity contribution is 7.22. The van der Waals surface area contributed by atoms with Gasteiger partial charge in [0.2, 0.25) is 17.7 Å². The van der Waals surface area contributed by atoms with Crippen molar-refractivity contribution in [1.29, 1.82) is 0 Å². The summed E-state index contributed by atoms with van der Waals surface area (Å²) in [4.78, 5) is 53.1. The minimum absolute atomic E-state index is 0.208. The second-order valence-electron chi connectivity index (χ2n) is 7.18. The van der Waals surface area contributed by atoms with Crippen molar-refractivity contribution in [2.24, 2.45) is 5.73 Å². The quantitative estimate of drug-likeness (QED) is 0.417. The van der Waals surface area contributed by atoms with Crippen LogP contribution in [-0.4, -0.2) is 60.1 Å². The van der Waals surface area contributed by atoms with E-state index in [-0.39, 0.29) is 13.1 Å². The first-order valence-corrected chi connectivity index (χ1v) is 10.6. The highest BCUT2D eigenvalue weighted by atomic mass is 32.1. The zero-order chi connectivity index (χ0) is 23.1. The van der Waals surface area contributed by atoms with Crippen molar-refractivity contribution in [2.75, 3.05) is 25.5 Å². The molecular weight excluding hydrogens is 430 g/mol. The van der Waals surface area contributed by atoms with Crippen molar-refractivity contribution in [3.8, 4) is 0 Å². The Morgan fingerprint density at radius 2 is 1.94 bits per heavy atom. The van der Waals surface area contributed by atoms with Gasteiger partial charge in [-0.1, -0.05) is 41.7 Å². The molecule has 1 aromatic heterocycles. The summed E-state index contributed by atoms with van der Waals surface area (Å²) in [5.74, 6) is -1.30. The summed E-state index contributed by atoms with van der Waals surface area (Å²) in [5.41, 5.74) is 8.01. The van der Waals surface area contributed by atoms with E-state index in [2.05, 4.69) is 15.6 Å². The molecule has 0 saturated heterocycles. The lowest BCUT2D eigenvalue weighted by molar-refractivity contribution is -0.134. The Hall–Kier alpha value is -3.63. The van der Waals surface area contributed by atoms with Gasteiger partial charge in [-0.15, -0.1) is 0 Å². The lowest BCUT2D eigenvalue weighted by Crippen LogP contribution is -2.47. The number of carbonyl (C=O) groups excluding carboxylic acids is 4. The number of thiazole rings is 1. The molecule has 0 bridgehead atoms. The molecule has 0 aliphatic rings. The number of fused-ring (bicyclic) bond motifs is 1. The van der Waals surface area contributed by atoms with Gasteiger partial charge >= 0.3 is 0 Å². The zero-order valence-electron chi connectivity index (χ0n) is 17.4. The second-order valence-corrected chi connectivity index (χ2v) is 8.21. The summed E-state index contributed by atoms with van der Waals surface area (Å²) in [5, 5.41) is 5.52. The normalized spacial score (nSPS) is 11.6. The van der Waals surface area contributed by atoms with E-state index < -0.39 is 23.8 Å². The summed E-state index contributed by atoms with van der Waals surface area (Å²) in [6.45, 7) is -0.471.